The van der Waals surface area contributed by atoms with Gasteiger partial charge >= 0.3 is 0 Å². The quantitative estimate of drug-likeness (QED) is 0.113. The Labute approximate surface area is 180 Å². The van der Waals surface area contributed by atoms with E-state index in [9.17, 15) is 0 Å². The van der Waals surface area contributed by atoms with Gasteiger partial charge in [0.05, 0.1) is 0 Å². The van der Waals surface area contributed by atoms with Crippen molar-refractivity contribution in [2.75, 3.05) is 0 Å². The first-order chi connectivity index (χ1) is 13.9. The van der Waals surface area contributed by atoms with Crippen LogP contribution in [0.15, 0.2) is 12.2 Å². The van der Waals surface area contributed by atoms with Gasteiger partial charge in [0.25, 0.3) is 0 Å². The van der Waals surface area contributed by atoms with E-state index in [0.29, 0.717) is 0 Å². The van der Waals surface area contributed by atoms with Crippen molar-refractivity contribution in [1.29, 1.82) is 0 Å². The van der Waals surface area contributed by atoms with Crippen molar-refractivity contribution in [3.05, 3.63) is 12.2 Å². The van der Waals surface area contributed by atoms with Gasteiger partial charge in [-0.3, -0.25) is 0 Å². The van der Waals surface area contributed by atoms with Crippen LogP contribution in [-0.2, 0) is 0 Å². The molecule has 168 valence electrons. The van der Waals surface area contributed by atoms with Crippen LogP contribution in [0.4, 0.5) is 0 Å². The Hall–Kier alpha value is -0.260. The minimum Gasteiger partial charge on any atom is -0.0885 e. The minimum atomic E-state index is 1.30. The highest BCUT2D eigenvalue weighted by Gasteiger charge is 1.95. The van der Waals surface area contributed by atoms with Crippen molar-refractivity contribution >= 4 is 0 Å². The summed E-state index contributed by atoms with van der Waals surface area (Å²) in [7, 11) is 0. The molecule has 0 bridgehead atoms. The van der Waals surface area contributed by atoms with Crippen LogP contribution < -0.4 is 0 Å². The Kier molecular flexibility index (Phi) is 26.5. The standard InChI is InChI=1S/C28H56/c1-3-5-7-9-11-13-15-17-19-21-23-25-27-28-26-24-22-20-18-16-14-12-10-8-6-4-2/h13,15H,3-12,14,16-28H2,1-2H3. The van der Waals surface area contributed by atoms with E-state index in [-0.39, 0.29) is 0 Å². The zero-order valence-electron chi connectivity index (χ0n) is 20.1. The summed E-state index contributed by atoms with van der Waals surface area (Å²) in [6, 6.07) is 0. The number of unbranched alkanes of at least 4 members (excludes halogenated alkanes) is 22. The molecule has 0 heteroatoms. The summed E-state index contributed by atoms with van der Waals surface area (Å²) in [5, 5.41) is 0. The van der Waals surface area contributed by atoms with Gasteiger partial charge in [-0.15, -0.1) is 0 Å². The molecule has 28 heavy (non-hydrogen) atoms. The molecular weight excluding hydrogens is 336 g/mol. The van der Waals surface area contributed by atoms with Crippen LogP contribution in [0.2, 0.25) is 0 Å². The van der Waals surface area contributed by atoms with E-state index in [2.05, 4.69) is 26.0 Å². The van der Waals surface area contributed by atoms with Crippen molar-refractivity contribution in [3.8, 4) is 0 Å². The second-order valence-corrected chi connectivity index (χ2v) is 9.12. The van der Waals surface area contributed by atoms with E-state index in [1.54, 1.807) is 0 Å². The van der Waals surface area contributed by atoms with E-state index in [1.807, 2.05) is 0 Å². The molecule has 0 spiro atoms. The van der Waals surface area contributed by atoms with Crippen LogP contribution in [0.1, 0.15) is 168 Å². The zero-order valence-corrected chi connectivity index (χ0v) is 20.1. The van der Waals surface area contributed by atoms with E-state index in [4.69, 9.17) is 0 Å². The highest BCUT2D eigenvalue weighted by molar-refractivity contribution is 4.81. The lowest BCUT2D eigenvalue weighted by molar-refractivity contribution is 0.525. The molecule has 0 heterocycles. The first-order valence-electron chi connectivity index (χ1n) is 13.6. The molecule has 0 unspecified atom stereocenters. The van der Waals surface area contributed by atoms with Gasteiger partial charge in [0.2, 0.25) is 0 Å². The molecule has 0 N–H and O–H groups in total. The van der Waals surface area contributed by atoms with Crippen LogP contribution in [-0.4, -0.2) is 0 Å². The summed E-state index contributed by atoms with van der Waals surface area (Å²) >= 11 is 0. The summed E-state index contributed by atoms with van der Waals surface area (Å²) in [6.45, 7) is 4.59. The van der Waals surface area contributed by atoms with Crippen molar-refractivity contribution in [1.82, 2.24) is 0 Å². The Morgan fingerprint density at radius 3 is 0.786 bits per heavy atom. The first-order valence-corrected chi connectivity index (χ1v) is 13.6. The summed E-state index contributed by atoms with van der Waals surface area (Å²) in [6.07, 6.45) is 39.4. The summed E-state index contributed by atoms with van der Waals surface area (Å²) in [5.74, 6) is 0. The Balaban J connectivity index is 3.02. The van der Waals surface area contributed by atoms with Crippen molar-refractivity contribution in [2.45, 2.75) is 168 Å². The average molecular weight is 393 g/mol. The van der Waals surface area contributed by atoms with Crippen LogP contribution >= 0.6 is 0 Å². The zero-order chi connectivity index (χ0) is 20.4. The maximum Gasteiger partial charge on any atom is -0.0351 e. The Morgan fingerprint density at radius 1 is 0.286 bits per heavy atom. The van der Waals surface area contributed by atoms with Crippen LogP contribution in [0.25, 0.3) is 0 Å². The smallest absolute Gasteiger partial charge is 0.0351 e. The molecule has 0 amide bonds. The average Bonchev–Trinajstić information content (AvgIpc) is 2.71. The van der Waals surface area contributed by atoms with Gasteiger partial charge in [0, 0.05) is 0 Å². The maximum atomic E-state index is 2.43. The Morgan fingerprint density at radius 2 is 0.500 bits per heavy atom. The fourth-order valence-electron chi connectivity index (χ4n) is 4.09. The molecule has 0 nitrogen and oxygen atoms in total. The predicted molar refractivity (Wildman–Crippen MR) is 131 cm³/mol. The topological polar surface area (TPSA) is 0 Å². The molecule has 0 aromatic heterocycles. The van der Waals surface area contributed by atoms with Gasteiger partial charge in [0.1, 0.15) is 0 Å². The molecule has 0 atom stereocenters. The SMILES string of the molecule is CCCCCCC=CCCCCCCCCCCCCCCCCCCCC. The summed E-state index contributed by atoms with van der Waals surface area (Å²) < 4.78 is 0. The van der Waals surface area contributed by atoms with E-state index >= 15 is 0 Å². The highest BCUT2D eigenvalue weighted by atomic mass is 14.0. The predicted octanol–water partition coefficient (Wildman–Crippen LogP) is 10.9. The van der Waals surface area contributed by atoms with Crippen LogP contribution in [0, 0.1) is 0 Å². The van der Waals surface area contributed by atoms with Gasteiger partial charge < -0.3 is 0 Å². The van der Waals surface area contributed by atoms with Crippen molar-refractivity contribution in [2.24, 2.45) is 0 Å². The van der Waals surface area contributed by atoms with Gasteiger partial charge in [-0.05, 0) is 25.7 Å². The number of hydrogen-bond acceptors (Lipinski definition) is 0. The maximum absolute atomic E-state index is 2.43. The normalized spacial score (nSPS) is 11.6. The van der Waals surface area contributed by atoms with Gasteiger partial charge in [-0.25, -0.2) is 0 Å². The minimum absolute atomic E-state index is 1.30. The molecule has 0 aliphatic carbocycles. The second kappa shape index (κ2) is 26.7. The monoisotopic (exact) mass is 392 g/mol. The molecule has 0 saturated carbocycles. The van der Waals surface area contributed by atoms with E-state index in [0.717, 1.165) is 0 Å². The lowest BCUT2D eigenvalue weighted by Crippen LogP contribution is -1.84. The lowest BCUT2D eigenvalue weighted by Gasteiger charge is -2.03. The summed E-state index contributed by atoms with van der Waals surface area (Å²) in [5.41, 5.74) is 0. The molecule has 0 rings (SSSR count). The lowest BCUT2D eigenvalue weighted by atomic mass is 10.0. The second-order valence-electron chi connectivity index (χ2n) is 9.12. The first kappa shape index (κ1) is 27.7. The highest BCUT2D eigenvalue weighted by Crippen LogP contribution is 2.14. The van der Waals surface area contributed by atoms with E-state index in [1.165, 1.54) is 154 Å². The fraction of sp³-hybridized carbons (Fsp3) is 0.929. The number of allylic oxidation sites excluding steroid dienone is 2. The third-order valence-electron chi connectivity index (χ3n) is 6.12. The van der Waals surface area contributed by atoms with Gasteiger partial charge in [0.15, 0.2) is 0 Å². The molecule has 0 fully saturated rings. The third-order valence-corrected chi connectivity index (χ3v) is 6.12. The van der Waals surface area contributed by atoms with Crippen LogP contribution in [0.5, 0.6) is 0 Å². The number of rotatable bonds is 24. The van der Waals surface area contributed by atoms with Gasteiger partial charge in [-0.2, -0.15) is 0 Å². The molecule has 0 aliphatic rings. The molecule has 0 aromatic rings. The molecule has 0 aromatic carbocycles. The fourth-order valence-corrected chi connectivity index (χ4v) is 4.09. The Bertz CT molecular complexity index is 278. The molecule has 0 saturated heterocycles. The largest absolute Gasteiger partial charge is 0.0885 e. The molecular formula is C28H56. The summed E-state index contributed by atoms with van der Waals surface area (Å²) in [4.78, 5) is 0. The number of hydrogen-bond donors (Lipinski definition) is 0. The van der Waals surface area contributed by atoms with Gasteiger partial charge in [-0.1, -0.05) is 154 Å². The van der Waals surface area contributed by atoms with Crippen LogP contribution in [0.3, 0.4) is 0 Å². The molecule has 0 aliphatic heterocycles. The molecule has 0 radical (unpaired) electrons. The van der Waals surface area contributed by atoms with Crippen molar-refractivity contribution in [3.63, 3.8) is 0 Å². The third kappa shape index (κ3) is 25.7. The van der Waals surface area contributed by atoms with E-state index < -0.39 is 0 Å². The van der Waals surface area contributed by atoms with Crippen molar-refractivity contribution < 1.29 is 0 Å².